The minimum atomic E-state index is -0.640. The molecule has 2 aliphatic rings. The fourth-order valence-electron chi connectivity index (χ4n) is 4.42. The number of fused-ring (bicyclic) bond motifs is 2. The molecular formula is C26H28N2O5. The number of nitrogens with zero attached hydrogens (tertiary/aromatic N) is 1. The summed E-state index contributed by atoms with van der Waals surface area (Å²) in [5, 5.41) is 2.85. The Morgan fingerprint density at radius 1 is 1.00 bits per heavy atom. The SMILES string of the molecule is Cc1ccc2c(c1)C(=O)N(CCC(=O)OCC(=O)NC(C)c1ccc3c(c1)CCCC3)C2=O. The van der Waals surface area contributed by atoms with Crippen molar-refractivity contribution in [1.29, 1.82) is 0 Å². The van der Waals surface area contributed by atoms with Gasteiger partial charge in [0.05, 0.1) is 23.6 Å². The van der Waals surface area contributed by atoms with Gasteiger partial charge in [0.15, 0.2) is 6.61 Å². The van der Waals surface area contributed by atoms with E-state index in [1.807, 2.05) is 19.9 Å². The average Bonchev–Trinajstić information content (AvgIpc) is 3.04. The first kappa shape index (κ1) is 22.7. The van der Waals surface area contributed by atoms with Crippen molar-refractivity contribution in [2.24, 2.45) is 0 Å². The van der Waals surface area contributed by atoms with Crippen LogP contribution in [0.5, 0.6) is 0 Å². The molecule has 7 nitrogen and oxygen atoms in total. The number of aryl methyl sites for hydroxylation is 3. The molecule has 0 aromatic heterocycles. The van der Waals surface area contributed by atoms with Gasteiger partial charge in [-0.3, -0.25) is 24.1 Å². The molecule has 0 fully saturated rings. The first-order valence-corrected chi connectivity index (χ1v) is 11.4. The summed E-state index contributed by atoms with van der Waals surface area (Å²) in [6.45, 7) is 3.25. The number of benzene rings is 2. The fraction of sp³-hybridized carbons (Fsp3) is 0.385. The van der Waals surface area contributed by atoms with Gasteiger partial charge in [-0.2, -0.15) is 0 Å². The zero-order valence-corrected chi connectivity index (χ0v) is 19.0. The van der Waals surface area contributed by atoms with Crippen molar-refractivity contribution in [3.05, 3.63) is 69.8 Å². The van der Waals surface area contributed by atoms with Gasteiger partial charge in [-0.15, -0.1) is 0 Å². The van der Waals surface area contributed by atoms with Crippen LogP contribution in [0.15, 0.2) is 36.4 Å². The Labute approximate surface area is 193 Å². The summed E-state index contributed by atoms with van der Waals surface area (Å²) < 4.78 is 5.06. The van der Waals surface area contributed by atoms with Crippen molar-refractivity contribution in [3.63, 3.8) is 0 Å². The molecule has 1 N–H and O–H groups in total. The number of carbonyl (C=O) groups excluding carboxylic acids is 4. The predicted octanol–water partition coefficient (Wildman–Crippen LogP) is 3.28. The van der Waals surface area contributed by atoms with Gasteiger partial charge in [0, 0.05) is 6.54 Å². The van der Waals surface area contributed by atoms with Crippen molar-refractivity contribution in [2.75, 3.05) is 13.2 Å². The van der Waals surface area contributed by atoms with Crippen LogP contribution in [0.3, 0.4) is 0 Å². The van der Waals surface area contributed by atoms with Gasteiger partial charge in [-0.05, 0) is 68.4 Å². The van der Waals surface area contributed by atoms with Crippen molar-refractivity contribution in [1.82, 2.24) is 10.2 Å². The predicted molar refractivity (Wildman–Crippen MR) is 122 cm³/mol. The summed E-state index contributed by atoms with van der Waals surface area (Å²) in [6, 6.07) is 11.2. The van der Waals surface area contributed by atoms with Crippen molar-refractivity contribution >= 4 is 23.7 Å². The lowest BCUT2D eigenvalue weighted by Crippen LogP contribution is -2.34. The van der Waals surface area contributed by atoms with Crippen LogP contribution in [0.4, 0.5) is 0 Å². The summed E-state index contributed by atoms with van der Waals surface area (Å²) in [5.74, 6) is -1.87. The molecule has 1 heterocycles. The molecule has 2 aromatic carbocycles. The number of esters is 1. The van der Waals surface area contributed by atoms with Gasteiger partial charge in [-0.25, -0.2) is 0 Å². The van der Waals surface area contributed by atoms with E-state index in [0.29, 0.717) is 11.1 Å². The first-order valence-electron chi connectivity index (χ1n) is 11.4. The Bertz CT molecular complexity index is 1120. The number of hydrogen-bond acceptors (Lipinski definition) is 5. The Balaban J connectivity index is 1.23. The van der Waals surface area contributed by atoms with Crippen molar-refractivity contribution < 1.29 is 23.9 Å². The number of amides is 3. The van der Waals surface area contributed by atoms with E-state index in [-0.39, 0.29) is 19.0 Å². The molecule has 3 amide bonds. The van der Waals surface area contributed by atoms with E-state index in [1.165, 1.54) is 24.0 Å². The minimum absolute atomic E-state index is 0.0859. The highest BCUT2D eigenvalue weighted by Gasteiger charge is 2.35. The number of imide groups is 1. The minimum Gasteiger partial charge on any atom is -0.456 e. The Hall–Kier alpha value is -3.48. The highest BCUT2D eigenvalue weighted by Crippen LogP contribution is 2.25. The Morgan fingerprint density at radius 2 is 1.73 bits per heavy atom. The zero-order chi connectivity index (χ0) is 23.5. The molecule has 7 heteroatoms. The van der Waals surface area contributed by atoms with Gasteiger partial charge in [-0.1, -0.05) is 29.8 Å². The van der Waals surface area contributed by atoms with Crippen LogP contribution in [0.1, 0.15) is 75.2 Å². The van der Waals surface area contributed by atoms with Crippen LogP contribution in [-0.2, 0) is 27.2 Å². The second-order valence-corrected chi connectivity index (χ2v) is 8.75. The summed E-state index contributed by atoms with van der Waals surface area (Å²) in [7, 11) is 0. The summed E-state index contributed by atoms with van der Waals surface area (Å²) in [4.78, 5) is 50.3. The topological polar surface area (TPSA) is 92.8 Å². The number of carbonyl (C=O) groups is 4. The standard InChI is InChI=1S/C26H28N2O5/c1-16-7-10-21-22(13-16)26(32)28(25(21)31)12-11-24(30)33-15-23(29)27-17(2)19-9-8-18-5-3-4-6-20(18)14-19/h7-10,13-14,17H,3-6,11-12,15H2,1-2H3,(H,27,29). The molecular weight excluding hydrogens is 420 g/mol. The third-order valence-corrected chi connectivity index (χ3v) is 6.28. The molecule has 0 saturated heterocycles. The molecule has 1 unspecified atom stereocenters. The largest absolute Gasteiger partial charge is 0.456 e. The summed E-state index contributed by atoms with van der Waals surface area (Å²) >= 11 is 0. The Morgan fingerprint density at radius 3 is 2.52 bits per heavy atom. The second kappa shape index (κ2) is 9.57. The molecule has 4 rings (SSSR count). The van der Waals surface area contributed by atoms with Crippen molar-refractivity contribution in [3.8, 4) is 0 Å². The molecule has 2 aromatic rings. The zero-order valence-electron chi connectivity index (χ0n) is 19.0. The molecule has 0 saturated carbocycles. The second-order valence-electron chi connectivity index (χ2n) is 8.75. The van der Waals surface area contributed by atoms with Crippen molar-refractivity contribution in [2.45, 2.75) is 52.0 Å². The smallest absolute Gasteiger partial charge is 0.308 e. The lowest BCUT2D eigenvalue weighted by atomic mass is 9.89. The number of rotatable bonds is 7. The third-order valence-electron chi connectivity index (χ3n) is 6.28. The van der Waals surface area contributed by atoms with E-state index in [4.69, 9.17) is 4.74 Å². The average molecular weight is 449 g/mol. The molecule has 1 atom stereocenters. The monoisotopic (exact) mass is 448 g/mol. The van der Waals surface area contributed by atoms with Gasteiger partial charge < -0.3 is 10.1 Å². The highest BCUT2D eigenvalue weighted by molar-refractivity contribution is 6.21. The number of hydrogen-bond donors (Lipinski definition) is 1. The number of ether oxygens (including phenoxy) is 1. The molecule has 33 heavy (non-hydrogen) atoms. The van der Waals surface area contributed by atoms with Crippen LogP contribution in [0.25, 0.3) is 0 Å². The van der Waals surface area contributed by atoms with Crippen LogP contribution in [-0.4, -0.2) is 41.7 Å². The lowest BCUT2D eigenvalue weighted by molar-refractivity contribution is -0.148. The summed E-state index contributed by atoms with van der Waals surface area (Å²) in [5.41, 5.74) is 5.32. The number of nitrogens with one attached hydrogen (secondary N) is 1. The maximum atomic E-state index is 12.5. The molecule has 0 radical (unpaired) electrons. The van der Waals surface area contributed by atoms with E-state index in [2.05, 4.69) is 17.4 Å². The molecule has 0 spiro atoms. The highest BCUT2D eigenvalue weighted by atomic mass is 16.5. The van der Waals surface area contributed by atoms with E-state index in [1.54, 1.807) is 18.2 Å². The molecule has 172 valence electrons. The normalized spacial score (nSPS) is 15.6. The van der Waals surface area contributed by atoms with E-state index in [9.17, 15) is 19.2 Å². The third kappa shape index (κ3) is 4.97. The maximum Gasteiger partial charge on any atom is 0.308 e. The molecule has 1 aliphatic carbocycles. The molecule has 1 aliphatic heterocycles. The molecule has 0 bridgehead atoms. The van der Waals surface area contributed by atoms with Gasteiger partial charge in [0.25, 0.3) is 17.7 Å². The maximum absolute atomic E-state index is 12.5. The van der Waals surface area contributed by atoms with Gasteiger partial charge >= 0.3 is 5.97 Å². The van der Waals surface area contributed by atoms with E-state index < -0.39 is 30.3 Å². The first-order chi connectivity index (χ1) is 15.8. The fourth-order valence-corrected chi connectivity index (χ4v) is 4.42. The summed E-state index contributed by atoms with van der Waals surface area (Å²) in [6.07, 6.45) is 4.41. The van der Waals surface area contributed by atoms with Crippen LogP contribution >= 0.6 is 0 Å². The van der Waals surface area contributed by atoms with E-state index in [0.717, 1.165) is 28.9 Å². The Kier molecular flexibility index (Phi) is 6.58. The van der Waals surface area contributed by atoms with Crippen LogP contribution < -0.4 is 5.32 Å². The van der Waals surface area contributed by atoms with Gasteiger partial charge in [0.2, 0.25) is 0 Å². The van der Waals surface area contributed by atoms with Crippen LogP contribution in [0, 0.1) is 6.92 Å². The quantitative estimate of drug-likeness (QED) is 0.518. The van der Waals surface area contributed by atoms with E-state index >= 15 is 0 Å². The van der Waals surface area contributed by atoms with Gasteiger partial charge in [0.1, 0.15) is 0 Å². The van der Waals surface area contributed by atoms with Crippen LogP contribution in [0.2, 0.25) is 0 Å². The lowest BCUT2D eigenvalue weighted by Gasteiger charge is -2.20.